The molecule has 1 fully saturated rings. The summed E-state index contributed by atoms with van der Waals surface area (Å²) in [4.78, 5) is 4.42. The molecule has 1 aromatic heterocycles. The molecule has 2 unspecified atom stereocenters. The quantitative estimate of drug-likeness (QED) is 0.909. The van der Waals surface area contributed by atoms with E-state index in [4.69, 9.17) is 0 Å². The van der Waals surface area contributed by atoms with E-state index in [1.54, 1.807) is 6.92 Å². The average Bonchev–Trinajstić information content (AvgIpc) is 2.96. The second-order valence-corrected chi connectivity index (χ2v) is 5.82. The van der Waals surface area contributed by atoms with Crippen molar-refractivity contribution < 1.29 is 8.78 Å². The lowest BCUT2D eigenvalue weighted by Gasteiger charge is -2.17. The van der Waals surface area contributed by atoms with Crippen LogP contribution in [0.3, 0.4) is 0 Å². The molecule has 1 aromatic carbocycles. The van der Waals surface area contributed by atoms with E-state index in [1.165, 1.54) is 16.8 Å². The number of aryl methyl sites for hydroxylation is 1. The van der Waals surface area contributed by atoms with E-state index >= 15 is 0 Å². The van der Waals surface area contributed by atoms with E-state index in [9.17, 15) is 8.78 Å². The molecule has 1 aliphatic rings. The molecule has 2 atom stereocenters. The predicted molar refractivity (Wildman–Crippen MR) is 78.4 cm³/mol. The second kappa shape index (κ2) is 5.73. The molecule has 2 N–H and O–H groups in total. The fourth-order valence-electron chi connectivity index (χ4n) is 2.91. The summed E-state index contributed by atoms with van der Waals surface area (Å²) in [6.45, 7) is 5.94. The van der Waals surface area contributed by atoms with Crippen LogP contribution in [0, 0.1) is 24.5 Å². The normalized spacial score (nSPS) is 24.9. The van der Waals surface area contributed by atoms with Gasteiger partial charge in [0.15, 0.2) is 5.82 Å². The number of benzene rings is 1. The highest BCUT2D eigenvalue weighted by atomic mass is 19.1. The monoisotopic (exact) mass is 307 g/mol. The summed E-state index contributed by atoms with van der Waals surface area (Å²) in [6.07, 6.45) is 0.653. The average molecular weight is 307 g/mol. The van der Waals surface area contributed by atoms with E-state index in [1.807, 2.05) is 0 Å². The molecule has 2 heterocycles. The van der Waals surface area contributed by atoms with Gasteiger partial charge >= 0.3 is 0 Å². The number of nitrogens with zero attached hydrogens (tertiary/aromatic N) is 3. The minimum atomic E-state index is -0.644. The number of nitrogens with one attached hydrogen (secondary N) is 2. The Labute approximate surface area is 127 Å². The summed E-state index contributed by atoms with van der Waals surface area (Å²) < 4.78 is 28.6. The lowest BCUT2D eigenvalue weighted by molar-refractivity contribution is 0.428. The second-order valence-electron chi connectivity index (χ2n) is 5.82. The number of aromatic nitrogens is 3. The Morgan fingerprint density at radius 1 is 1.18 bits per heavy atom. The van der Waals surface area contributed by atoms with Gasteiger partial charge in [0.1, 0.15) is 23.2 Å². The van der Waals surface area contributed by atoms with Crippen molar-refractivity contribution in [1.82, 2.24) is 25.6 Å². The Balaban J connectivity index is 1.96. The first-order valence-electron chi connectivity index (χ1n) is 7.34. The zero-order valence-corrected chi connectivity index (χ0v) is 12.8. The summed E-state index contributed by atoms with van der Waals surface area (Å²) in [6, 6.07) is 4.03. The first kappa shape index (κ1) is 15.1. The number of hydrogen-bond donors (Lipinski definition) is 2. The van der Waals surface area contributed by atoms with Crippen LogP contribution in [0.15, 0.2) is 18.2 Å². The van der Waals surface area contributed by atoms with Crippen LogP contribution in [-0.2, 0) is 6.42 Å². The first-order valence-corrected chi connectivity index (χ1v) is 7.34. The van der Waals surface area contributed by atoms with Gasteiger partial charge in [-0.25, -0.2) is 18.4 Å². The summed E-state index contributed by atoms with van der Waals surface area (Å²) in [5.74, 6) is 0.307. The van der Waals surface area contributed by atoms with Gasteiger partial charge in [-0.2, -0.15) is 5.10 Å². The van der Waals surface area contributed by atoms with Crippen molar-refractivity contribution in [3.8, 4) is 5.69 Å². The van der Waals surface area contributed by atoms with Crippen LogP contribution in [0.2, 0.25) is 0 Å². The van der Waals surface area contributed by atoms with Gasteiger partial charge in [-0.15, -0.1) is 0 Å². The minimum Gasteiger partial charge on any atom is -0.254 e. The number of halogens is 2. The maximum atomic E-state index is 14.0. The summed E-state index contributed by atoms with van der Waals surface area (Å²) in [5, 5.41) is 4.27. The van der Waals surface area contributed by atoms with E-state index in [2.05, 4.69) is 34.8 Å². The number of hydrazine groups is 1. The Kier molecular flexibility index (Phi) is 3.92. The van der Waals surface area contributed by atoms with Crippen molar-refractivity contribution in [3.63, 3.8) is 0 Å². The molecule has 0 radical (unpaired) electrons. The fourth-order valence-corrected chi connectivity index (χ4v) is 2.91. The summed E-state index contributed by atoms with van der Waals surface area (Å²) >= 11 is 0. The molecule has 0 spiro atoms. The molecule has 7 heteroatoms. The Bertz CT molecular complexity index is 675. The lowest BCUT2D eigenvalue weighted by Crippen LogP contribution is -2.30. The molecule has 1 saturated heterocycles. The van der Waals surface area contributed by atoms with Gasteiger partial charge in [-0.1, -0.05) is 0 Å². The highest BCUT2D eigenvalue weighted by Crippen LogP contribution is 2.22. The molecule has 1 aliphatic heterocycles. The van der Waals surface area contributed by atoms with Crippen molar-refractivity contribution in [1.29, 1.82) is 0 Å². The lowest BCUT2D eigenvalue weighted by atomic mass is 9.93. The topological polar surface area (TPSA) is 54.8 Å². The zero-order chi connectivity index (χ0) is 15.9. The number of hydrogen-bond acceptors (Lipinski definition) is 4. The van der Waals surface area contributed by atoms with Crippen LogP contribution in [0.25, 0.3) is 5.69 Å². The van der Waals surface area contributed by atoms with Crippen molar-refractivity contribution in [2.24, 2.45) is 5.92 Å². The third-order valence-electron chi connectivity index (χ3n) is 4.16. The molecule has 0 saturated carbocycles. The SMILES string of the molecule is Cc1nc(CC2C(C)NNC2C)n(-c2ccc(F)cc2F)n1. The largest absolute Gasteiger partial charge is 0.254 e. The molecule has 5 nitrogen and oxygen atoms in total. The molecule has 2 aromatic rings. The van der Waals surface area contributed by atoms with E-state index in [-0.39, 0.29) is 17.8 Å². The maximum absolute atomic E-state index is 14.0. The predicted octanol–water partition coefficient (Wildman–Crippen LogP) is 1.90. The third-order valence-corrected chi connectivity index (χ3v) is 4.16. The maximum Gasteiger partial charge on any atom is 0.151 e. The molecular formula is C15H19F2N5. The third kappa shape index (κ3) is 2.74. The molecule has 0 amide bonds. The summed E-state index contributed by atoms with van der Waals surface area (Å²) in [5.41, 5.74) is 6.61. The van der Waals surface area contributed by atoms with Gasteiger partial charge in [0.05, 0.1) is 0 Å². The van der Waals surface area contributed by atoms with Crippen LogP contribution in [0.5, 0.6) is 0 Å². The molecule has 0 aliphatic carbocycles. The van der Waals surface area contributed by atoms with Crippen molar-refractivity contribution in [3.05, 3.63) is 41.5 Å². The molecule has 0 bridgehead atoms. The smallest absolute Gasteiger partial charge is 0.151 e. The zero-order valence-electron chi connectivity index (χ0n) is 12.8. The number of rotatable bonds is 3. The van der Waals surface area contributed by atoms with Gasteiger partial charge in [-0.05, 0) is 38.8 Å². The summed E-state index contributed by atoms with van der Waals surface area (Å²) in [7, 11) is 0. The molecule has 22 heavy (non-hydrogen) atoms. The van der Waals surface area contributed by atoms with Crippen molar-refractivity contribution in [2.45, 2.75) is 39.3 Å². The van der Waals surface area contributed by atoms with Crippen LogP contribution < -0.4 is 10.9 Å². The van der Waals surface area contributed by atoms with Gasteiger partial charge in [0.2, 0.25) is 0 Å². The van der Waals surface area contributed by atoms with Crippen molar-refractivity contribution >= 4 is 0 Å². The van der Waals surface area contributed by atoms with E-state index in [0.717, 1.165) is 6.07 Å². The van der Waals surface area contributed by atoms with Gasteiger partial charge in [0, 0.05) is 24.6 Å². The Morgan fingerprint density at radius 3 is 2.50 bits per heavy atom. The minimum absolute atomic E-state index is 0.219. The van der Waals surface area contributed by atoms with Crippen LogP contribution in [0.4, 0.5) is 8.78 Å². The fraction of sp³-hybridized carbons (Fsp3) is 0.467. The highest BCUT2D eigenvalue weighted by Gasteiger charge is 2.31. The van der Waals surface area contributed by atoms with E-state index in [0.29, 0.717) is 24.0 Å². The van der Waals surface area contributed by atoms with Gasteiger partial charge in [-0.3, -0.25) is 10.9 Å². The molecular weight excluding hydrogens is 288 g/mol. The Morgan fingerprint density at radius 2 is 1.86 bits per heavy atom. The van der Waals surface area contributed by atoms with Crippen LogP contribution in [-0.4, -0.2) is 26.8 Å². The van der Waals surface area contributed by atoms with Gasteiger partial charge in [0.25, 0.3) is 0 Å². The highest BCUT2D eigenvalue weighted by molar-refractivity contribution is 5.34. The van der Waals surface area contributed by atoms with Crippen molar-refractivity contribution in [2.75, 3.05) is 0 Å². The van der Waals surface area contributed by atoms with E-state index < -0.39 is 11.6 Å². The Hall–Kier alpha value is -1.86. The van der Waals surface area contributed by atoms with Gasteiger partial charge < -0.3 is 0 Å². The van der Waals surface area contributed by atoms with Crippen LogP contribution >= 0.6 is 0 Å². The standard InChI is InChI=1S/C15H19F2N5/c1-8-12(9(2)20-19-8)7-15-18-10(3)21-22(15)14-5-4-11(16)6-13(14)17/h4-6,8-9,12,19-20H,7H2,1-3H3. The molecule has 118 valence electrons. The van der Waals surface area contributed by atoms with Crippen LogP contribution in [0.1, 0.15) is 25.5 Å². The molecule has 3 rings (SSSR count). The first-order chi connectivity index (χ1) is 10.5.